The van der Waals surface area contributed by atoms with Crippen molar-refractivity contribution in [1.29, 1.82) is 0 Å². The average Bonchev–Trinajstić information content (AvgIpc) is 2.69. The van der Waals surface area contributed by atoms with Gasteiger partial charge in [-0.05, 0) is 24.1 Å². The molecule has 0 saturated carbocycles. The highest BCUT2D eigenvalue weighted by atomic mass is 35.5. The van der Waals surface area contributed by atoms with Gasteiger partial charge in [-0.3, -0.25) is 4.90 Å². The second kappa shape index (κ2) is 5.15. The number of hydrogen-bond acceptors (Lipinski definition) is 3. The molecule has 3 nitrogen and oxygen atoms in total. The lowest BCUT2D eigenvalue weighted by molar-refractivity contribution is 0.160. The Bertz CT molecular complexity index is 341. The first-order valence-electron chi connectivity index (χ1n) is 5.58. The number of benzene rings is 1. The fraction of sp³-hybridized carbons (Fsp3) is 0.500. The highest BCUT2D eigenvalue weighted by Gasteiger charge is 2.26. The summed E-state index contributed by atoms with van der Waals surface area (Å²) in [6.45, 7) is 2.19. The van der Waals surface area contributed by atoms with Crippen molar-refractivity contribution in [2.24, 2.45) is 5.73 Å². The monoisotopic (exact) mass is 240 g/mol. The van der Waals surface area contributed by atoms with Crippen molar-refractivity contribution in [2.45, 2.75) is 18.6 Å². The molecule has 0 aromatic heterocycles. The Morgan fingerprint density at radius 3 is 2.62 bits per heavy atom. The fourth-order valence-corrected chi connectivity index (χ4v) is 2.36. The second-order valence-corrected chi connectivity index (χ2v) is 4.68. The van der Waals surface area contributed by atoms with Crippen LogP contribution in [0.5, 0.6) is 0 Å². The van der Waals surface area contributed by atoms with Crippen molar-refractivity contribution >= 4 is 11.6 Å². The minimum Gasteiger partial charge on any atom is -0.392 e. The standard InChI is InChI=1S/C12H17ClN2O/c13-10-3-1-9(2-4-10)12(7-14)15-6-5-11(16)8-15/h1-4,11-12,16H,5-8,14H2. The molecule has 1 saturated heterocycles. The van der Waals surface area contributed by atoms with Gasteiger partial charge < -0.3 is 10.8 Å². The molecule has 4 heteroatoms. The van der Waals surface area contributed by atoms with Gasteiger partial charge in [-0.1, -0.05) is 23.7 Å². The number of rotatable bonds is 3. The lowest BCUT2D eigenvalue weighted by atomic mass is 10.1. The molecular formula is C12H17ClN2O. The molecule has 1 heterocycles. The third-order valence-corrected chi connectivity index (χ3v) is 3.37. The van der Waals surface area contributed by atoms with Crippen molar-refractivity contribution in [1.82, 2.24) is 4.90 Å². The van der Waals surface area contributed by atoms with Crippen LogP contribution >= 0.6 is 11.6 Å². The van der Waals surface area contributed by atoms with E-state index < -0.39 is 0 Å². The Balaban J connectivity index is 2.13. The highest BCUT2D eigenvalue weighted by molar-refractivity contribution is 6.30. The van der Waals surface area contributed by atoms with E-state index in [4.69, 9.17) is 17.3 Å². The molecule has 2 unspecified atom stereocenters. The summed E-state index contributed by atoms with van der Waals surface area (Å²) in [7, 11) is 0. The first-order chi connectivity index (χ1) is 7.70. The lowest BCUT2D eigenvalue weighted by Crippen LogP contribution is -2.32. The minimum absolute atomic E-state index is 0.189. The van der Waals surface area contributed by atoms with E-state index >= 15 is 0 Å². The van der Waals surface area contributed by atoms with Crippen LogP contribution in [0.3, 0.4) is 0 Å². The minimum atomic E-state index is -0.207. The maximum absolute atomic E-state index is 9.53. The Morgan fingerprint density at radius 2 is 2.12 bits per heavy atom. The van der Waals surface area contributed by atoms with Gasteiger partial charge in [-0.25, -0.2) is 0 Å². The summed E-state index contributed by atoms with van der Waals surface area (Å²) in [4.78, 5) is 2.23. The zero-order valence-corrected chi connectivity index (χ0v) is 9.90. The highest BCUT2D eigenvalue weighted by Crippen LogP contribution is 2.25. The van der Waals surface area contributed by atoms with Gasteiger partial charge in [0.1, 0.15) is 0 Å². The van der Waals surface area contributed by atoms with Crippen LogP contribution in [0.1, 0.15) is 18.0 Å². The number of likely N-dealkylation sites (tertiary alicyclic amines) is 1. The van der Waals surface area contributed by atoms with E-state index in [0.717, 1.165) is 18.0 Å². The summed E-state index contributed by atoms with van der Waals surface area (Å²) in [5.41, 5.74) is 6.98. The number of nitrogens with zero attached hydrogens (tertiary/aromatic N) is 1. The molecule has 1 aromatic rings. The third kappa shape index (κ3) is 2.55. The van der Waals surface area contributed by atoms with Gasteiger partial charge in [0.05, 0.1) is 6.10 Å². The molecular weight excluding hydrogens is 224 g/mol. The first kappa shape index (κ1) is 11.9. The predicted molar refractivity (Wildman–Crippen MR) is 65.4 cm³/mol. The molecule has 16 heavy (non-hydrogen) atoms. The summed E-state index contributed by atoms with van der Waals surface area (Å²) in [5, 5.41) is 10.3. The first-order valence-corrected chi connectivity index (χ1v) is 5.96. The van der Waals surface area contributed by atoms with E-state index in [2.05, 4.69) is 4.90 Å². The summed E-state index contributed by atoms with van der Waals surface area (Å²) in [6.07, 6.45) is 0.630. The van der Waals surface area contributed by atoms with Gasteiger partial charge >= 0.3 is 0 Å². The number of nitrogens with two attached hydrogens (primary N) is 1. The van der Waals surface area contributed by atoms with E-state index in [1.54, 1.807) is 0 Å². The lowest BCUT2D eigenvalue weighted by Gasteiger charge is -2.26. The van der Waals surface area contributed by atoms with Crippen LogP contribution in [0, 0.1) is 0 Å². The average molecular weight is 241 g/mol. The van der Waals surface area contributed by atoms with Gasteiger partial charge in [0.2, 0.25) is 0 Å². The number of aliphatic hydroxyl groups excluding tert-OH is 1. The van der Waals surface area contributed by atoms with Crippen LogP contribution < -0.4 is 5.73 Å². The van der Waals surface area contributed by atoms with Crippen molar-refractivity contribution in [3.8, 4) is 0 Å². The van der Waals surface area contributed by atoms with E-state index in [9.17, 15) is 5.11 Å². The molecule has 2 atom stereocenters. The molecule has 3 N–H and O–H groups in total. The van der Waals surface area contributed by atoms with Crippen molar-refractivity contribution < 1.29 is 5.11 Å². The van der Waals surface area contributed by atoms with Crippen LogP contribution in [-0.4, -0.2) is 35.7 Å². The van der Waals surface area contributed by atoms with Crippen LogP contribution in [-0.2, 0) is 0 Å². The normalized spacial score (nSPS) is 23.6. The molecule has 1 aliphatic rings. The van der Waals surface area contributed by atoms with E-state index in [1.807, 2.05) is 24.3 Å². The SMILES string of the molecule is NCC(c1ccc(Cl)cc1)N1CCC(O)C1. The van der Waals surface area contributed by atoms with E-state index in [-0.39, 0.29) is 12.1 Å². The number of hydrogen-bond donors (Lipinski definition) is 2. The van der Waals surface area contributed by atoms with Gasteiger partial charge in [0, 0.05) is 30.7 Å². The Morgan fingerprint density at radius 1 is 1.44 bits per heavy atom. The molecule has 0 spiro atoms. The summed E-state index contributed by atoms with van der Waals surface area (Å²) < 4.78 is 0. The number of β-amino-alcohol motifs (C(OH)–C–C–N with tert-alkyl or cyclic N) is 1. The Hall–Kier alpha value is -0.610. The fourth-order valence-electron chi connectivity index (χ4n) is 2.23. The smallest absolute Gasteiger partial charge is 0.0679 e. The second-order valence-electron chi connectivity index (χ2n) is 4.24. The molecule has 88 valence electrons. The van der Waals surface area contributed by atoms with Gasteiger partial charge in [0.15, 0.2) is 0 Å². The molecule has 0 aliphatic carbocycles. The summed E-state index contributed by atoms with van der Waals surface area (Å²) >= 11 is 5.86. The van der Waals surface area contributed by atoms with Crippen molar-refractivity contribution in [3.63, 3.8) is 0 Å². The maximum Gasteiger partial charge on any atom is 0.0679 e. The molecule has 0 radical (unpaired) electrons. The molecule has 1 aliphatic heterocycles. The molecule has 2 rings (SSSR count). The zero-order valence-electron chi connectivity index (χ0n) is 9.14. The summed E-state index contributed by atoms with van der Waals surface area (Å²) in [6, 6.07) is 7.96. The van der Waals surface area contributed by atoms with Crippen LogP contribution in [0.25, 0.3) is 0 Å². The molecule has 0 bridgehead atoms. The molecule has 0 amide bonds. The van der Waals surface area contributed by atoms with E-state index in [0.29, 0.717) is 13.1 Å². The van der Waals surface area contributed by atoms with Gasteiger partial charge in [-0.2, -0.15) is 0 Å². The Labute approximate surface area is 101 Å². The maximum atomic E-state index is 9.53. The molecule has 1 aromatic carbocycles. The zero-order chi connectivity index (χ0) is 11.5. The Kier molecular flexibility index (Phi) is 3.82. The van der Waals surface area contributed by atoms with Gasteiger partial charge in [0.25, 0.3) is 0 Å². The third-order valence-electron chi connectivity index (χ3n) is 3.11. The van der Waals surface area contributed by atoms with Crippen molar-refractivity contribution in [2.75, 3.05) is 19.6 Å². The number of aliphatic hydroxyl groups is 1. The summed E-state index contributed by atoms with van der Waals surface area (Å²) in [5.74, 6) is 0. The quantitative estimate of drug-likeness (QED) is 0.840. The van der Waals surface area contributed by atoms with Crippen LogP contribution in [0.4, 0.5) is 0 Å². The van der Waals surface area contributed by atoms with Crippen molar-refractivity contribution in [3.05, 3.63) is 34.9 Å². The van der Waals surface area contributed by atoms with Gasteiger partial charge in [-0.15, -0.1) is 0 Å². The van der Waals surface area contributed by atoms with E-state index in [1.165, 1.54) is 5.56 Å². The predicted octanol–water partition coefficient (Wildman–Crippen LogP) is 1.41. The van der Waals surface area contributed by atoms with Crippen LogP contribution in [0.2, 0.25) is 5.02 Å². The molecule has 1 fully saturated rings. The van der Waals surface area contributed by atoms with Crippen LogP contribution in [0.15, 0.2) is 24.3 Å². The largest absolute Gasteiger partial charge is 0.392 e. The number of halogens is 1. The topological polar surface area (TPSA) is 49.5 Å².